The Morgan fingerprint density at radius 2 is 2.27 bits per heavy atom. The summed E-state index contributed by atoms with van der Waals surface area (Å²) in [6.07, 6.45) is 4.31. The Labute approximate surface area is 68.4 Å². The van der Waals surface area contributed by atoms with E-state index >= 15 is 0 Å². The van der Waals surface area contributed by atoms with E-state index in [0.29, 0.717) is 6.10 Å². The number of hydrogen-bond donors (Lipinski definition) is 0. The van der Waals surface area contributed by atoms with Crippen LogP contribution in [0.4, 0.5) is 0 Å². The second-order valence-electron chi connectivity index (χ2n) is 4.24. The maximum absolute atomic E-state index is 5.60. The number of rotatable bonds is 1. The van der Waals surface area contributed by atoms with Crippen LogP contribution in [0, 0.1) is 5.92 Å². The van der Waals surface area contributed by atoms with Crippen molar-refractivity contribution < 1.29 is 4.74 Å². The Morgan fingerprint density at radius 1 is 1.55 bits per heavy atom. The quantitative estimate of drug-likeness (QED) is 0.415. The van der Waals surface area contributed by atoms with Gasteiger partial charge in [0.05, 0.1) is 11.7 Å². The molecule has 0 aromatic carbocycles. The fraction of sp³-hybridized carbons (Fsp3) is 0.800. The van der Waals surface area contributed by atoms with Crippen LogP contribution in [-0.4, -0.2) is 11.7 Å². The summed E-state index contributed by atoms with van der Waals surface area (Å²) in [7, 11) is 0. The van der Waals surface area contributed by atoms with Crippen LogP contribution < -0.4 is 0 Å². The molecule has 1 heteroatoms. The largest absolute Gasteiger partial charge is 0.366 e. The molecule has 1 saturated heterocycles. The van der Waals surface area contributed by atoms with E-state index in [2.05, 4.69) is 20.4 Å². The third-order valence-corrected chi connectivity index (χ3v) is 3.16. The van der Waals surface area contributed by atoms with E-state index < -0.39 is 0 Å². The Kier molecular flexibility index (Phi) is 1.40. The molecule has 0 unspecified atom stereocenters. The van der Waals surface area contributed by atoms with Crippen molar-refractivity contribution in [2.75, 3.05) is 0 Å². The van der Waals surface area contributed by atoms with Crippen LogP contribution in [0.25, 0.3) is 0 Å². The maximum atomic E-state index is 5.60. The van der Waals surface area contributed by atoms with E-state index in [0.717, 1.165) is 5.92 Å². The zero-order valence-corrected chi connectivity index (χ0v) is 7.39. The predicted octanol–water partition coefficient (Wildman–Crippen LogP) is 2.52. The van der Waals surface area contributed by atoms with Gasteiger partial charge in [0.25, 0.3) is 0 Å². The van der Waals surface area contributed by atoms with Crippen molar-refractivity contribution in [3.63, 3.8) is 0 Å². The first-order chi connectivity index (χ1) is 5.12. The van der Waals surface area contributed by atoms with Gasteiger partial charge in [0, 0.05) is 0 Å². The van der Waals surface area contributed by atoms with E-state index in [1.807, 2.05) is 0 Å². The highest BCUT2D eigenvalue weighted by Gasteiger charge is 2.55. The minimum Gasteiger partial charge on any atom is -0.366 e. The minimum absolute atomic E-state index is 0.238. The van der Waals surface area contributed by atoms with Gasteiger partial charge in [-0.05, 0) is 39.0 Å². The van der Waals surface area contributed by atoms with E-state index in [4.69, 9.17) is 4.74 Å². The van der Waals surface area contributed by atoms with Crippen molar-refractivity contribution in [1.29, 1.82) is 0 Å². The second kappa shape index (κ2) is 2.10. The van der Waals surface area contributed by atoms with Gasteiger partial charge in [0.2, 0.25) is 0 Å². The molecule has 2 aliphatic rings. The topological polar surface area (TPSA) is 12.5 Å². The Balaban J connectivity index is 2.02. The molecule has 1 saturated carbocycles. The second-order valence-corrected chi connectivity index (χ2v) is 4.24. The summed E-state index contributed by atoms with van der Waals surface area (Å²) in [4.78, 5) is 0. The monoisotopic (exact) mass is 152 g/mol. The fourth-order valence-corrected chi connectivity index (χ4v) is 2.20. The van der Waals surface area contributed by atoms with E-state index in [1.165, 1.54) is 24.8 Å². The molecule has 0 spiro atoms. The standard InChI is InChI=1S/C10H16O/c1-7(2)8-4-5-9-10(3,6-8)11-9/h8-9H,1,4-6H2,2-3H3/t8-,9-,10-/m1/s1. The van der Waals surface area contributed by atoms with Gasteiger partial charge >= 0.3 is 0 Å². The molecular formula is C10H16O. The molecule has 62 valence electrons. The zero-order valence-electron chi connectivity index (χ0n) is 7.39. The first-order valence-corrected chi connectivity index (χ1v) is 4.45. The number of hydrogen-bond acceptors (Lipinski definition) is 1. The van der Waals surface area contributed by atoms with Crippen molar-refractivity contribution in [1.82, 2.24) is 0 Å². The van der Waals surface area contributed by atoms with Gasteiger partial charge in [-0.1, -0.05) is 12.2 Å². The van der Waals surface area contributed by atoms with Crippen molar-refractivity contribution in [2.45, 2.75) is 44.8 Å². The Bertz CT molecular complexity index is 197. The molecule has 0 bridgehead atoms. The van der Waals surface area contributed by atoms with Crippen LogP contribution in [0.3, 0.4) is 0 Å². The highest BCUT2D eigenvalue weighted by Crippen LogP contribution is 2.50. The number of epoxide rings is 1. The van der Waals surface area contributed by atoms with Crippen LogP contribution in [0.2, 0.25) is 0 Å². The molecule has 0 aromatic heterocycles. The predicted molar refractivity (Wildman–Crippen MR) is 45.4 cm³/mol. The first kappa shape index (κ1) is 7.35. The van der Waals surface area contributed by atoms with Crippen LogP contribution in [-0.2, 0) is 4.74 Å². The lowest BCUT2D eigenvalue weighted by atomic mass is 9.79. The molecule has 0 N–H and O–H groups in total. The van der Waals surface area contributed by atoms with Gasteiger partial charge in [-0.25, -0.2) is 0 Å². The molecule has 2 rings (SSSR count). The molecule has 1 aliphatic carbocycles. The normalized spacial score (nSPS) is 48.2. The summed E-state index contributed by atoms with van der Waals surface area (Å²) in [5.74, 6) is 0.721. The Morgan fingerprint density at radius 3 is 2.82 bits per heavy atom. The smallest absolute Gasteiger partial charge is 0.0926 e. The van der Waals surface area contributed by atoms with E-state index in [1.54, 1.807) is 0 Å². The molecular weight excluding hydrogens is 136 g/mol. The summed E-state index contributed by atoms with van der Waals surface area (Å²) in [6.45, 7) is 8.37. The van der Waals surface area contributed by atoms with Gasteiger partial charge in [-0.2, -0.15) is 0 Å². The summed E-state index contributed by atoms with van der Waals surface area (Å²) in [6, 6.07) is 0. The fourth-order valence-electron chi connectivity index (χ4n) is 2.20. The van der Waals surface area contributed by atoms with Crippen molar-refractivity contribution in [3.8, 4) is 0 Å². The first-order valence-electron chi connectivity index (χ1n) is 4.45. The molecule has 11 heavy (non-hydrogen) atoms. The summed E-state index contributed by atoms with van der Waals surface area (Å²) in [5.41, 5.74) is 1.57. The van der Waals surface area contributed by atoms with Crippen LogP contribution in [0.5, 0.6) is 0 Å². The summed E-state index contributed by atoms with van der Waals surface area (Å²) in [5, 5.41) is 0. The van der Waals surface area contributed by atoms with Gasteiger partial charge in [-0.3, -0.25) is 0 Å². The van der Waals surface area contributed by atoms with Gasteiger partial charge < -0.3 is 4.74 Å². The molecule has 3 atom stereocenters. The molecule has 1 nitrogen and oxygen atoms in total. The van der Waals surface area contributed by atoms with Crippen LogP contribution >= 0.6 is 0 Å². The van der Waals surface area contributed by atoms with Gasteiger partial charge in [0.15, 0.2) is 0 Å². The molecule has 1 heterocycles. The SMILES string of the molecule is C=C(C)[C@@H]1CC[C@H]2O[C@]2(C)C1. The third-order valence-electron chi connectivity index (χ3n) is 3.16. The average Bonchev–Trinajstić information content (AvgIpc) is 2.58. The van der Waals surface area contributed by atoms with E-state index in [-0.39, 0.29) is 5.60 Å². The molecule has 2 fully saturated rings. The number of fused-ring (bicyclic) bond motifs is 1. The highest BCUT2D eigenvalue weighted by atomic mass is 16.6. The van der Waals surface area contributed by atoms with Crippen LogP contribution in [0.1, 0.15) is 33.1 Å². The maximum Gasteiger partial charge on any atom is 0.0926 e. The van der Waals surface area contributed by atoms with Gasteiger partial charge in [-0.15, -0.1) is 0 Å². The van der Waals surface area contributed by atoms with Crippen molar-refractivity contribution >= 4 is 0 Å². The summed E-state index contributed by atoms with van der Waals surface area (Å²) < 4.78 is 5.60. The lowest BCUT2D eigenvalue weighted by Gasteiger charge is -2.23. The lowest BCUT2D eigenvalue weighted by Crippen LogP contribution is -2.22. The third kappa shape index (κ3) is 1.12. The zero-order chi connectivity index (χ0) is 8.06. The number of allylic oxidation sites excluding steroid dienone is 1. The number of ether oxygens (including phenoxy) is 1. The summed E-state index contributed by atoms with van der Waals surface area (Å²) >= 11 is 0. The molecule has 0 amide bonds. The van der Waals surface area contributed by atoms with Crippen molar-refractivity contribution in [3.05, 3.63) is 12.2 Å². The minimum atomic E-state index is 0.238. The Hall–Kier alpha value is -0.300. The average molecular weight is 152 g/mol. The highest BCUT2D eigenvalue weighted by molar-refractivity contribution is 5.10. The molecule has 1 aliphatic heterocycles. The van der Waals surface area contributed by atoms with Gasteiger partial charge in [0.1, 0.15) is 0 Å². The lowest BCUT2D eigenvalue weighted by molar-refractivity contribution is 0.287. The molecule has 0 aromatic rings. The molecule has 0 radical (unpaired) electrons. The van der Waals surface area contributed by atoms with Crippen molar-refractivity contribution in [2.24, 2.45) is 5.92 Å². The van der Waals surface area contributed by atoms with E-state index in [9.17, 15) is 0 Å². The van der Waals surface area contributed by atoms with Crippen LogP contribution in [0.15, 0.2) is 12.2 Å².